The van der Waals surface area contributed by atoms with Crippen LogP contribution in [0.1, 0.15) is 13.8 Å². The molecule has 0 spiro atoms. The summed E-state index contributed by atoms with van der Waals surface area (Å²) in [4.78, 5) is 0. The molecule has 1 heteroatoms. The summed E-state index contributed by atoms with van der Waals surface area (Å²) in [5, 5.41) is 0. The van der Waals surface area contributed by atoms with E-state index in [1.54, 1.807) is 0 Å². The van der Waals surface area contributed by atoms with Gasteiger partial charge in [0.25, 0.3) is 0 Å². The topological polar surface area (TPSA) is 9.23 Å². The van der Waals surface area contributed by atoms with Crippen LogP contribution < -0.4 is 0 Å². The molecule has 0 aliphatic rings. The zero-order chi connectivity index (χ0) is 7.28. The molecule has 0 N–H and O–H groups in total. The Morgan fingerprint density at radius 1 is 1.44 bits per heavy atom. The molecule has 0 aromatic carbocycles. The second-order valence-electron chi connectivity index (χ2n) is 1.97. The summed E-state index contributed by atoms with van der Waals surface area (Å²) in [5.41, 5.74) is 1.17. The summed E-state index contributed by atoms with van der Waals surface area (Å²) in [7, 11) is 0. The van der Waals surface area contributed by atoms with Crippen LogP contribution in [0.15, 0.2) is 36.8 Å². The lowest BCUT2D eigenvalue weighted by molar-refractivity contribution is 0.371. The summed E-state index contributed by atoms with van der Waals surface area (Å²) in [6.45, 7) is 11.0. The van der Waals surface area contributed by atoms with Crippen molar-refractivity contribution >= 4 is 0 Å². The minimum Gasteiger partial charge on any atom is -0.466 e. The van der Waals surface area contributed by atoms with Crippen LogP contribution in [0.4, 0.5) is 0 Å². The van der Waals surface area contributed by atoms with Gasteiger partial charge in [-0.15, -0.1) is 0 Å². The molecule has 0 atom stereocenters. The fourth-order valence-electron chi connectivity index (χ4n) is 0.463. The molecule has 0 saturated carbocycles. The van der Waals surface area contributed by atoms with E-state index in [1.807, 2.05) is 19.9 Å². The van der Waals surface area contributed by atoms with E-state index in [4.69, 9.17) is 4.74 Å². The zero-order valence-corrected chi connectivity index (χ0v) is 5.98. The molecule has 0 aromatic heterocycles. The molecule has 0 bridgehead atoms. The monoisotopic (exact) mass is 124 g/mol. The molecule has 0 rings (SSSR count). The highest BCUT2D eigenvalue weighted by atomic mass is 16.5. The fourth-order valence-corrected chi connectivity index (χ4v) is 0.463. The molecular formula is C8H12O. The lowest BCUT2D eigenvalue weighted by Gasteiger charge is -1.96. The average molecular weight is 124 g/mol. The van der Waals surface area contributed by atoms with E-state index in [2.05, 4.69) is 13.2 Å². The Hall–Kier alpha value is -0.980. The van der Waals surface area contributed by atoms with Crippen molar-refractivity contribution in [2.24, 2.45) is 0 Å². The lowest BCUT2D eigenvalue weighted by Crippen LogP contribution is -1.76. The second-order valence-corrected chi connectivity index (χ2v) is 1.97. The Morgan fingerprint density at radius 3 is 2.33 bits per heavy atom. The van der Waals surface area contributed by atoms with Gasteiger partial charge in [0.1, 0.15) is 5.76 Å². The van der Waals surface area contributed by atoms with Gasteiger partial charge in [-0.2, -0.15) is 0 Å². The van der Waals surface area contributed by atoms with Gasteiger partial charge in [0.05, 0.1) is 6.26 Å². The van der Waals surface area contributed by atoms with Gasteiger partial charge in [-0.3, -0.25) is 0 Å². The van der Waals surface area contributed by atoms with Gasteiger partial charge in [0.15, 0.2) is 0 Å². The Kier molecular flexibility index (Phi) is 3.52. The Morgan fingerprint density at radius 2 is 2.00 bits per heavy atom. The van der Waals surface area contributed by atoms with Gasteiger partial charge in [-0.1, -0.05) is 18.7 Å². The third-order valence-corrected chi connectivity index (χ3v) is 0.684. The van der Waals surface area contributed by atoms with Gasteiger partial charge >= 0.3 is 0 Å². The number of hydrogen-bond acceptors (Lipinski definition) is 1. The van der Waals surface area contributed by atoms with Crippen molar-refractivity contribution in [1.29, 1.82) is 0 Å². The maximum Gasteiger partial charge on any atom is 0.119 e. The Labute approximate surface area is 56.3 Å². The standard InChI is InChI=1S/C8H12O/c1-5-9-8(4)6-7(2)3/h5-6H,1,4H2,2-3H3. The molecule has 9 heavy (non-hydrogen) atoms. The largest absolute Gasteiger partial charge is 0.466 e. The first-order chi connectivity index (χ1) is 4.16. The molecule has 0 unspecified atom stereocenters. The van der Waals surface area contributed by atoms with E-state index in [9.17, 15) is 0 Å². The number of hydrogen-bond donors (Lipinski definition) is 0. The highest BCUT2D eigenvalue weighted by molar-refractivity contribution is 5.12. The first kappa shape index (κ1) is 8.02. The van der Waals surface area contributed by atoms with Gasteiger partial charge in [-0.25, -0.2) is 0 Å². The van der Waals surface area contributed by atoms with E-state index >= 15 is 0 Å². The van der Waals surface area contributed by atoms with Crippen LogP contribution in [0.25, 0.3) is 0 Å². The van der Waals surface area contributed by atoms with Gasteiger partial charge in [0, 0.05) is 0 Å². The van der Waals surface area contributed by atoms with E-state index in [0.717, 1.165) is 0 Å². The molecule has 0 aliphatic carbocycles. The predicted molar refractivity (Wildman–Crippen MR) is 39.9 cm³/mol. The summed E-state index contributed by atoms with van der Waals surface area (Å²) < 4.78 is 4.85. The lowest BCUT2D eigenvalue weighted by atomic mass is 10.3. The van der Waals surface area contributed by atoms with Crippen molar-refractivity contribution in [2.75, 3.05) is 0 Å². The van der Waals surface area contributed by atoms with E-state index in [-0.39, 0.29) is 0 Å². The Bertz CT molecular complexity index is 139. The maximum absolute atomic E-state index is 4.85. The first-order valence-corrected chi connectivity index (χ1v) is 2.78. The minimum atomic E-state index is 0.630. The third-order valence-electron chi connectivity index (χ3n) is 0.684. The normalized spacial score (nSPS) is 7.78. The molecule has 0 amide bonds. The summed E-state index contributed by atoms with van der Waals surface area (Å²) >= 11 is 0. The molecule has 0 radical (unpaired) electrons. The molecule has 0 aromatic rings. The van der Waals surface area contributed by atoms with E-state index in [0.29, 0.717) is 5.76 Å². The first-order valence-electron chi connectivity index (χ1n) is 2.78. The van der Waals surface area contributed by atoms with Crippen molar-refractivity contribution < 1.29 is 4.74 Å². The minimum absolute atomic E-state index is 0.630. The van der Waals surface area contributed by atoms with Crippen LogP contribution in [0.5, 0.6) is 0 Å². The highest BCUT2D eigenvalue weighted by Gasteiger charge is 1.82. The smallest absolute Gasteiger partial charge is 0.119 e. The van der Waals surface area contributed by atoms with E-state index in [1.165, 1.54) is 11.8 Å². The number of rotatable bonds is 3. The second kappa shape index (κ2) is 3.96. The molecule has 1 nitrogen and oxygen atoms in total. The zero-order valence-electron chi connectivity index (χ0n) is 5.98. The van der Waals surface area contributed by atoms with Crippen LogP contribution >= 0.6 is 0 Å². The molecule has 0 fully saturated rings. The molecular weight excluding hydrogens is 112 g/mol. The molecule has 0 aliphatic heterocycles. The van der Waals surface area contributed by atoms with Crippen molar-refractivity contribution in [2.45, 2.75) is 13.8 Å². The number of ether oxygens (including phenoxy) is 1. The quantitative estimate of drug-likeness (QED) is 0.415. The fraction of sp³-hybridized carbons (Fsp3) is 0.250. The van der Waals surface area contributed by atoms with Crippen LogP contribution in [0.3, 0.4) is 0 Å². The van der Waals surface area contributed by atoms with Crippen molar-refractivity contribution in [3.63, 3.8) is 0 Å². The van der Waals surface area contributed by atoms with Gasteiger partial charge in [-0.05, 0) is 19.9 Å². The van der Waals surface area contributed by atoms with Crippen LogP contribution in [0, 0.1) is 0 Å². The van der Waals surface area contributed by atoms with Crippen LogP contribution in [0.2, 0.25) is 0 Å². The average Bonchev–Trinajstić information content (AvgIpc) is 1.63. The molecule has 0 heterocycles. The molecule has 50 valence electrons. The van der Waals surface area contributed by atoms with Gasteiger partial charge in [0.2, 0.25) is 0 Å². The van der Waals surface area contributed by atoms with Crippen molar-refractivity contribution in [1.82, 2.24) is 0 Å². The molecule has 0 saturated heterocycles. The van der Waals surface area contributed by atoms with Gasteiger partial charge < -0.3 is 4.74 Å². The summed E-state index contributed by atoms with van der Waals surface area (Å²) in [6, 6.07) is 0. The predicted octanol–water partition coefficient (Wildman–Crippen LogP) is 2.63. The summed E-state index contributed by atoms with van der Waals surface area (Å²) in [5.74, 6) is 0.630. The maximum atomic E-state index is 4.85. The highest BCUT2D eigenvalue weighted by Crippen LogP contribution is 1.99. The van der Waals surface area contributed by atoms with Crippen molar-refractivity contribution in [3.8, 4) is 0 Å². The SMILES string of the molecule is C=COC(=C)C=C(C)C. The third kappa shape index (κ3) is 4.88. The van der Waals surface area contributed by atoms with Crippen LogP contribution in [-0.2, 0) is 4.74 Å². The summed E-state index contributed by atoms with van der Waals surface area (Å²) in [6.07, 6.45) is 3.21. The van der Waals surface area contributed by atoms with Crippen LogP contribution in [-0.4, -0.2) is 0 Å². The number of allylic oxidation sites excluding steroid dienone is 2. The van der Waals surface area contributed by atoms with Crippen molar-refractivity contribution in [3.05, 3.63) is 36.8 Å². The Balaban J connectivity index is 3.76. The van der Waals surface area contributed by atoms with E-state index < -0.39 is 0 Å².